The summed E-state index contributed by atoms with van der Waals surface area (Å²) in [6, 6.07) is 0. The molecule has 1 rings (SSSR count). The lowest BCUT2D eigenvalue weighted by Gasteiger charge is -2.02. The van der Waals surface area contributed by atoms with Crippen LogP contribution in [0, 0.1) is 0 Å². The number of hydrogen-bond donors (Lipinski definition) is 1. The molecule has 0 aromatic rings. The van der Waals surface area contributed by atoms with Crippen LogP contribution in [0.25, 0.3) is 0 Å². The molecule has 88 valence electrons. The zero-order valence-corrected chi connectivity index (χ0v) is 10.3. The number of hydrogen-bond acceptors (Lipinski definition) is 3. The average Bonchev–Trinajstić information content (AvgIpc) is 2.46. The van der Waals surface area contributed by atoms with Crippen molar-refractivity contribution in [1.29, 1.82) is 0 Å². The standard InChI is InChI=1S/C11H21NO2S/c1-2-15(13,14)10-4-6-11-5-3-8-12-9-7-11/h6,12H,2-5,7-10H2,1H3/b11-6-. The molecular weight excluding hydrogens is 210 g/mol. The van der Waals surface area contributed by atoms with Crippen LogP contribution in [0.3, 0.4) is 0 Å². The monoisotopic (exact) mass is 231 g/mol. The molecule has 0 saturated carbocycles. The summed E-state index contributed by atoms with van der Waals surface area (Å²) < 4.78 is 22.5. The van der Waals surface area contributed by atoms with Crippen LogP contribution in [0.1, 0.15) is 32.6 Å². The number of nitrogens with one attached hydrogen (secondary N) is 1. The predicted molar refractivity (Wildman–Crippen MR) is 63.7 cm³/mol. The molecule has 1 N–H and O–H groups in total. The Morgan fingerprint density at radius 1 is 1.33 bits per heavy atom. The Bertz CT molecular complexity index is 297. The molecule has 4 heteroatoms. The molecule has 1 aliphatic heterocycles. The van der Waals surface area contributed by atoms with E-state index in [-0.39, 0.29) is 5.75 Å². The summed E-state index contributed by atoms with van der Waals surface area (Å²) in [5.41, 5.74) is 1.42. The van der Waals surface area contributed by atoms with Gasteiger partial charge >= 0.3 is 0 Å². The van der Waals surface area contributed by atoms with Gasteiger partial charge in [-0.2, -0.15) is 0 Å². The summed E-state index contributed by atoms with van der Waals surface area (Å²) in [4.78, 5) is 0. The van der Waals surface area contributed by atoms with Crippen LogP contribution < -0.4 is 5.32 Å². The van der Waals surface area contributed by atoms with Crippen LogP contribution in [0.15, 0.2) is 11.6 Å². The molecule has 0 amide bonds. The first-order valence-electron chi connectivity index (χ1n) is 5.73. The fourth-order valence-electron chi connectivity index (χ4n) is 1.73. The van der Waals surface area contributed by atoms with Crippen molar-refractivity contribution in [2.24, 2.45) is 0 Å². The second kappa shape index (κ2) is 6.28. The van der Waals surface area contributed by atoms with Gasteiger partial charge < -0.3 is 5.32 Å². The summed E-state index contributed by atoms with van der Waals surface area (Å²) in [5.74, 6) is 0.568. The molecular formula is C11H21NO2S. The highest BCUT2D eigenvalue weighted by atomic mass is 32.2. The van der Waals surface area contributed by atoms with E-state index in [1.54, 1.807) is 6.92 Å². The summed E-state index contributed by atoms with van der Waals surface area (Å²) in [6.45, 7) is 3.83. The molecule has 0 aliphatic carbocycles. The van der Waals surface area contributed by atoms with Gasteiger partial charge in [-0.1, -0.05) is 18.6 Å². The van der Waals surface area contributed by atoms with Crippen molar-refractivity contribution in [1.82, 2.24) is 5.32 Å². The molecule has 15 heavy (non-hydrogen) atoms. The second-order valence-electron chi connectivity index (χ2n) is 3.99. The van der Waals surface area contributed by atoms with Gasteiger partial charge in [0.2, 0.25) is 0 Å². The molecule has 1 aliphatic rings. The fraction of sp³-hybridized carbons (Fsp3) is 0.818. The van der Waals surface area contributed by atoms with Gasteiger partial charge in [0.05, 0.1) is 5.75 Å². The maximum atomic E-state index is 11.3. The van der Waals surface area contributed by atoms with E-state index >= 15 is 0 Å². The lowest BCUT2D eigenvalue weighted by molar-refractivity contribution is 0.597. The highest BCUT2D eigenvalue weighted by Crippen LogP contribution is 2.13. The molecule has 0 aromatic heterocycles. The van der Waals surface area contributed by atoms with Crippen molar-refractivity contribution >= 4 is 9.84 Å². The van der Waals surface area contributed by atoms with Crippen molar-refractivity contribution in [3.8, 4) is 0 Å². The van der Waals surface area contributed by atoms with Crippen molar-refractivity contribution in [3.63, 3.8) is 0 Å². The molecule has 0 bridgehead atoms. The van der Waals surface area contributed by atoms with Crippen LogP contribution in [0.2, 0.25) is 0 Å². The highest BCUT2D eigenvalue weighted by Gasteiger charge is 2.07. The van der Waals surface area contributed by atoms with E-state index in [9.17, 15) is 8.42 Å². The minimum absolute atomic E-state index is 0.262. The van der Waals surface area contributed by atoms with Crippen molar-refractivity contribution in [2.75, 3.05) is 24.6 Å². The largest absolute Gasteiger partial charge is 0.316 e. The fourth-order valence-corrected chi connectivity index (χ4v) is 2.50. The van der Waals surface area contributed by atoms with Crippen LogP contribution in [0.4, 0.5) is 0 Å². The minimum atomic E-state index is -2.79. The predicted octanol–water partition coefficient (Wildman–Crippen LogP) is 1.51. The minimum Gasteiger partial charge on any atom is -0.316 e. The quantitative estimate of drug-likeness (QED) is 0.746. The van der Waals surface area contributed by atoms with Crippen molar-refractivity contribution in [3.05, 3.63) is 11.6 Å². The van der Waals surface area contributed by atoms with E-state index in [0.717, 1.165) is 25.9 Å². The van der Waals surface area contributed by atoms with Gasteiger partial charge in [0.1, 0.15) is 9.84 Å². The molecule has 1 heterocycles. The van der Waals surface area contributed by atoms with Gasteiger partial charge in [-0.15, -0.1) is 0 Å². The van der Waals surface area contributed by atoms with Crippen LogP contribution in [0.5, 0.6) is 0 Å². The highest BCUT2D eigenvalue weighted by molar-refractivity contribution is 7.91. The van der Waals surface area contributed by atoms with Gasteiger partial charge in [-0.05, 0) is 38.8 Å². The SMILES string of the molecule is CCS(=O)(=O)CC/C=C1/CCCNCC1. The molecule has 1 fully saturated rings. The maximum absolute atomic E-state index is 11.3. The average molecular weight is 231 g/mol. The first kappa shape index (κ1) is 12.7. The summed E-state index contributed by atoms with van der Waals surface area (Å²) in [7, 11) is -2.79. The zero-order valence-electron chi connectivity index (χ0n) is 9.46. The first-order valence-corrected chi connectivity index (χ1v) is 7.55. The third-order valence-electron chi connectivity index (χ3n) is 2.78. The van der Waals surface area contributed by atoms with Crippen molar-refractivity contribution < 1.29 is 8.42 Å². The van der Waals surface area contributed by atoms with Crippen LogP contribution in [-0.2, 0) is 9.84 Å². The molecule has 0 unspecified atom stereocenters. The zero-order chi connectivity index (χ0) is 11.1. The summed E-state index contributed by atoms with van der Waals surface area (Å²) >= 11 is 0. The van der Waals surface area contributed by atoms with Gasteiger partial charge in [0.25, 0.3) is 0 Å². The van der Waals surface area contributed by atoms with Crippen molar-refractivity contribution in [2.45, 2.75) is 32.6 Å². The van der Waals surface area contributed by atoms with E-state index in [0.29, 0.717) is 12.2 Å². The molecule has 0 radical (unpaired) electrons. The third kappa shape index (κ3) is 5.33. The second-order valence-corrected chi connectivity index (χ2v) is 6.46. The normalized spacial score (nSPS) is 21.5. The molecule has 1 saturated heterocycles. The number of rotatable bonds is 4. The van der Waals surface area contributed by atoms with Crippen LogP contribution in [-0.4, -0.2) is 33.0 Å². The molecule has 3 nitrogen and oxygen atoms in total. The molecule has 0 spiro atoms. The Balaban J connectivity index is 2.36. The lowest BCUT2D eigenvalue weighted by Crippen LogP contribution is -2.13. The van der Waals surface area contributed by atoms with Gasteiger partial charge in [0, 0.05) is 5.75 Å². The van der Waals surface area contributed by atoms with Gasteiger partial charge in [-0.25, -0.2) is 8.42 Å². The Morgan fingerprint density at radius 2 is 2.13 bits per heavy atom. The van der Waals surface area contributed by atoms with E-state index in [1.165, 1.54) is 12.0 Å². The lowest BCUT2D eigenvalue weighted by atomic mass is 10.1. The van der Waals surface area contributed by atoms with E-state index < -0.39 is 9.84 Å². The Hall–Kier alpha value is -0.350. The van der Waals surface area contributed by atoms with E-state index in [1.807, 2.05) is 0 Å². The number of sulfone groups is 1. The van der Waals surface area contributed by atoms with Crippen LogP contribution >= 0.6 is 0 Å². The van der Waals surface area contributed by atoms with Gasteiger partial charge in [0.15, 0.2) is 0 Å². The maximum Gasteiger partial charge on any atom is 0.150 e. The Labute approximate surface area is 92.9 Å². The summed E-state index contributed by atoms with van der Waals surface area (Å²) in [6.07, 6.45) is 6.18. The Morgan fingerprint density at radius 3 is 2.87 bits per heavy atom. The molecule has 0 aromatic carbocycles. The smallest absolute Gasteiger partial charge is 0.150 e. The topological polar surface area (TPSA) is 46.2 Å². The third-order valence-corrected chi connectivity index (χ3v) is 4.51. The van der Waals surface area contributed by atoms with E-state index in [2.05, 4.69) is 11.4 Å². The summed E-state index contributed by atoms with van der Waals surface area (Å²) in [5, 5.41) is 3.34. The Kier molecular flexibility index (Phi) is 5.32. The first-order chi connectivity index (χ1) is 7.14. The van der Waals surface area contributed by atoms with E-state index in [4.69, 9.17) is 0 Å². The molecule has 0 atom stereocenters. The van der Waals surface area contributed by atoms with Gasteiger partial charge in [-0.3, -0.25) is 0 Å². The number of allylic oxidation sites excluding steroid dienone is 1.